The molecule has 1 aliphatic heterocycles. The first-order valence-electron chi connectivity index (χ1n) is 8.30. The minimum atomic E-state index is -0.951. The van der Waals surface area contributed by atoms with Crippen LogP contribution in [-0.2, 0) is 16.0 Å². The predicted molar refractivity (Wildman–Crippen MR) is 105 cm³/mol. The van der Waals surface area contributed by atoms with Crippen molar-refractivity contribution in [2.24, 2.45) is 20.4 Å². The zero-order chi connectivity index (χ0) is 20.0. The second-order valence-electron chi connectivity index (χ2n) is 6.55. The summed E-state index contributed by atoms with van der Waals surface area (Å²) >= 11 is 0. The fraction of sp³-hybridized carbons (Fsp3) is 0.412. The Hall–Kier alpha value is -3.30. The van der Waals surface area contributed by atoms with Crippen LogP contribution in [0.5, 0.6) is 0 Å². The number of aliphatic carboxylic acids is 1. The number of carbonyl (C=O) groups excluding carboxylic acids is 1. The van der Waals surface area contributed by atoms with Gasteiger partial charge >= 0.3 is 5.97 Å². The van der Waals surface area contributed by atoms with Crippen LogP contribution in [-0.4, -0.2) is 54.2 Å². The number of fused-ring (bicyclic) bond motifs is 1. The Kier molecular flexibility index (Phi) is 6.22. The first-order chi connectivity index (χ1) is 12.7. The molecule has 0 radical (unpaired) electrons. The number of carboxylic acids is 1. The van der Waals surface area contributed by atoms with Crippen molar-refractivity contribution in [1.29, 1.82) is 0 Å². The zero-order valence-electron chi connectivity index (χ0n) is 15.5. The molecule has 144 valence electrons. The lowest BCUT2D eigenvalue weighted by Crippen LogP contribution is -2.38. The summed E-state index contributed by atoms with van der Waals surface area (Å²) in [5, 5.41) is 17.3. The van der Waals surface area contributed by atoms with Crippen LogP contribution in [0.25, 0.3) is 0 Å². The molecule has 0 aliphatic carbocycles. The molecule has 1 amide bonds. The maximum absolute atomic E-state index is 12.1. The van der Waals surface area contributed by atoms with Crippen molar-refractivity contribution < 1.29 is 14.7 Å². The van der Waals surface area contributed by atoms with Gasteiger partial charge in [-0.1, -0.05) is 19.9 Å². The third-order valence-electron chi connectivity index (χ3n) is 3.90. The predicted octanol–water partition coefficient (Wildman–Crippen LogP) is 1.12. The molecule has 0 fully saturated rings. The standard InChI is InChI=1S/C17H23N7O3/c1-17(2)9-10-5-6-11(21-13(10)23-14(17)27)22-16(19-4)24-15(18-3)20-8-7-12(25)26/h5-6H,3,7-9H2,1-2,4H3,(H,25,26)(H3,19,20,21,22,23,24,27). The highest BCUT2D eigenvalue weighted by atomic mass is 16.4. The largest absolute Gasteiger partial charge is 0.481 e. The molecule has 2 heterocycles. The monoisotopic (exact) mass is 373 g/mol. The second kappa shape index (κ2) is 8.39. The average molecular weight is 373 g/mol. The fourth-order valence-corrected chi connectivity index (χ4v) is 2.40. The van der Waals surface area contributed by atoms with E-state index in [0.717, 1.165) is 5.56 Å². The molecule has 1 aromatic heterocycles. The number of amides is 1. The number of aromatic nitrogens is 1. The van der Waals surface area contributed by atoms with E-state index in [-0.39, 0.29) is 24.8 Å². The van der Waals surface area contributed by atoms with Gasteiger partial charge in [-0.25, -0.2) is 9.98 Å². The Morgan fingerprint density at radius 1 is 1.44 bits per heavy atom. The normalized spacial score (nSPS) is 16.2. The topological polar surface area (TPSA) is 140 Å². The molecule has 27 heavy (non-hydrogen) atoms. The number of nitrogens with zero attached hydrogens (tertiary/aromatic N) is 4. The van der Waals surface area contributed by atoms with Gasteiger partial charge in [-0.2, -0.15) is 0 Å². The van der Waals surface area contributed by atoms with Crippen molar-refractivity contribution in [2.45, 2.75) is 26.7 Å². The third kappa shape index (κ3) is 5.33. The minimum Gasteiger partial charge on any atom is -0.481 e. The van der Waals surface area contributed by atoms with Crippen LogP contribution in [0, 0.1) is 5.41 Å². The average Bonchev–Trinajstić information content (AvgIpc) is 2.60. The summed E-state index contributed by atoms with van der Waals surface area (Å²) in [5.74, 6) is 0.385. The molecule has 0 spiro atoms. The quantitative estimate of drug-likeness (QED) is 0.460. The van der Waals surface area contributed by atoms with Crippen LogP contribution in [0.4, 0.5) is 11.6 Å². The van der Waals surface area contributed by atoms with Crippen molar-refractivity contribution in [1.82, 2.24) is 10.3 Å². The zero-order valence-corrected chi connectivity index (χ0v) is 15.5. The maximum Gasteiger partial charge on any atom is 0.305 e. The molecule has 1 aromatic rings. The lowest BCUT2D eigenvalue weighted by Gasteiger charge is -2.29. The van der Waals surface area contributed by atoms with Gasteiger partial charge in [-0.15, -0.1) is 0 Å². The maximum atomic E-state index is 12.1. The van der Waals surface area contributed by atoms with Gasteiger partial charge in [0.05, 0.1) is 13.0 Å². The number of hydrogen-bond donors (Lipinski definition) is 4. The molecule has 0 unspecified atom stereocenters. The Morgan fingerprint density at radius 3 is 2.81 bits per heavy atom. The van der Waals surface area contributed by atoms with E-state index in [2.05, 4.69) is 42.6 Å². The first kappa shape index (κ1) is 20.0. The van der Waals surface area contributed by atoms with Crippen LogP contribution >= 0.6 is 0 Å². The van der Waals surface area contributed by atoms with Gasteiger partial charge in [0.2, 0.25) is 17.8 Å². The van der Waals surface area contributed by atoms with Gasteiger partial charge in [0.1, 0.15) is 11.6 Å². The molecular weight excluding hydrogens is 350 g/mol. The molecular formula is C17H23N7O3. The number of carboxylic acid groups (broad SMARTS) is 1. The van der Waals surface area contributed by atoms with Crippen molar-refractivity contribution in [3.63, 3.8) is 0 Å². The van der Waals surface area contributed by atoms with E-state index in [0.29, 0.717) is 24.0 Å². The van der Waals surface area contributed by atoms with Gasteiger partial charge in [0.15, 0.2) is 0 Å². The van der Waals surface area contributed by atoms with Crippen LogP contribution in [0.1, 0.15) is 25.8 Å². The number of anilines is 2. The molecule has 0 saturated carbocycles. The second-order valence-corrected chi connectivity index (χ2v) is 6.55. The summed E-state index contributed by atoms with van der Waals surface area (Å²) < 4.78 is 0. The van der Waals surface area contributed by atoms with Crippen LogP contribution in [0.3, 0.4) is 0 Å². The summed E-state index contributed by atoms with van der Waals surface area (Å²) in [6.07, 6.45) is 0.490. The van der Waals surface area contributed by atoms with E-state index in [4.69, 9.17) is 5.11 Å². The van der Waals surface area contributed by atoms with Crippen molar-refractivity contribution in [2.75, 3.05) is 24.2 Å². The first-order valence-corrected chi connectivity index (χ1v) is 8.30. The lowest BCUT2D eigenvalue weighted by molar-refractivity contribution is -0.136. The van der Waals surface area contributed by atoms with Crippen molar-refractivity contribution in [3.05, 3.63) is 17.7 Å². The number of pyridine rings is 1. The molecule has 2 rings (SSSR count). The van der Waals surface area contributed by atoms with Crippen LogP contribution in [0.15, 0.2) is 27.1 Å². The Balaban J connectivity index is 2.09. The summed E-state index contributed by atoms with van der Waals surface area (Å²) in [6.45, 7) is 7.23. The number of nitrogens with one attached hydrogen (secondary N) is 3. The summed E-state index contributed by atoms with van der Waals surface area (Å²) in [6, 6.07) is 3.68. The number of rotatable bonds is 4. The highest BCUT2D eigenvalue weighted by Gasteiger charge is 2.34. The molecule has 4 N–H and O–H groups in total. The van der Waals surface area contributed by atoms with Gasteiger partial charge in [-0.05, 0) is 24.8 Å². The van der Waals surface area contributed by atoms with Crippen molar-refractivity contribution in [3.8, 4) is 0 Å². The van der Waals surface area contributed by atoms with E-state index in [1.807, 2.05) is 19.9 Å². The van der Waals surface area contributed by atoms with E-state index >= 15 is 0 Å². The SMILES string of the molecule is C=NC(=NCCC(=O)O)NC(=NC)Nc1ccc2c(n1)NC(=O)C(C)(C)C2. The van der Waals surface area contributed by atoms with E-state index in [1.54, 1.807) is 13.1 Å². The van der Waals surface area contributed by atoms with Crippen LogP contribution in [0.2, 0.25) is 0 Å². The van der Waals surface area contributed by atoms with Gasteiger partial charge in [-0.3, -0.25) is 24.9 Å². The fourth-order valence-electron chi connectivity index (χ4n) is 2.40. The van der Waals surface area contributed by atoms with Gasteiger partial charge < -0.3 is 15.7 Å². The summed E-state index contributed by atoms with van der Waals surface area (Å²) in [7, 11) is 1.55. The van der Waals surface area contributed by atoms with E-state index < -0.39 is 11.4 Å². The number of carbonyl (C=O) groups is 2. The summed E-state index contributed by atoms with van der Waals surface area (Å²) in [4.78, 5) is 38.8. The number of guanidine groups is 2. The molecule has 0 aromatic carbocycles. The highest BCUT2D eigenvalue weighted by molar-refractivity contribution is 6.06. The molecule has 10 nitrogen and oxygen atoms in total. The molecule has 0 atom stereocenters. The number of aliphatic imine (C=N–C) groups is 3. The molecule has 10 heteroatoms. The van der Waals surface area contributed by atoms with Crippen molar-refractivity contribution >= 4 is 42.1 Å². The summed E-state index contributed by atoms with van der Waals surface area (Å²) in [5.41, 5.74) is 0.481. The molecule has 1 aliphatic rings. The molecule has 0 saturated heterocycles. The highest BCUT2D eigenvalue weighted by Crippen LogP contribution is 2.32. The van der Waals surface area contributed by atoms with Gasteiger partial charge in [0, 0.05) is 12.5 Å². The Labute approximate surface area is 156 Å². The van der Waals surface area contributed by atoms with E-state index in [1.165, 1.54) is 0 Å². The smallest absolute Gasteiger partial charge is 0.305 e. The minimum absolute atomic E-state index is 0.0621. The molecule has 0 bridgehead atoms. The Bertz CT molecular complexity index is 815. The number of hydrogen-bond acceptors (Lipinski definition) is 5. The Morgan fingerprint density at radius 2 is 2.19 bits per heavy atom. The van der Waals surface area contributed by atoms with Crippen LogP contribution < -0.4 is 16.0 Å². The lowest BCUT2D eigenvalue weighted by atomic mass is 9.82. The third-order valence-corrected chi connectivity index (χ3v) is 3.90. The van der Waals surface area contributed by atoms with E-state index in [9.17, 15) is 9.59 Å². The van der Waals surface area contributed by atoms with Gasteiger partial charge in [0.25, 0.3) is 0 Å².